The molecule has 1 aromatic heterocycles. The molecule has 2 N–H and O–H groups in total. The van der Waals surface area contributed by atoms with E-state index in [2.05, 4.69) is 71.2 Å². The number of anilines is 1. The van der Waals surface area contributed by atoms with E-state index in [-0.39, 0.29) is 0 Å². The second kappa shape index (κ2) is 11.1. The number of guanidine groups is 1. The van der Waals surface area contributed by atoms with Gasteiger partial charge in [0.15, 0.2) is 5.96 Å². The summed E-state index contributed by atoms with van der Waals surface area (Å²) in [5, 5.41) is 9.03. The number of ether oxygens (including phenoxy) is 1. The minimum atomic E-state index is 0.558. The molecule has 1 saturated heterocycles. The fourth-order valence-corrected chi connectivity index (χ4v) is 4.25. The first kappa shape index (κ1) is 20.7. The van der Waals surface area contributed by atoms with Gasteiger partial charge in [-0.2, -0.15) is 0 Å². The fourth-order valence-electron chi connectivity index (χ4n) is 3.38. The molecular weight excluding hydrogens is 368 g/mol. The quantitative estimate of drug-likeness (QED) is 0.526. The summed E-state index contributed by atoms with van der Waals surface area (Å²) >= 11 is 1.83. The lowest BCUT2D eigenvalue weighted by molar-refractivity contribution is 0.122. The Kier molecular flexibility index (Phi) is 8.18. The van der Waals surface area contributed by atoms with Crippen molar-refractivity contribution in [3.63, 3.8) is 0 Å². The highest BCUT2D eigenvalue weighted by atomic mass is 32.1. The van der Waals surface area contributed by atoms with Crippen LogP contribution in [0.1, 0.15) is 24.3 Å². The summed E-state index contributed by atoms with van der Waals surface area (Å²) in [6, 6.07) is 12.9. The molecule has 0 aliphatic carbocycles. The minimum Gasteiger partial charge on any atom is -0.378 e. The highest BCUT2D eigenvalue weighted by Gasteiger charge is 2.14. The number of morpholine rings is 1. The highest BCUT2D eigenvalue weighted by molar-refractivity contribution is 7.09. The summed E-state index contributed by atoms with van der Waals surface area (Å²) in [6.07, 6.45) is 1.10. The number of hydrogen-bond donors (Lipinski definition) is 2. The average molecular weight is 401 g/mol. The van der Waals surface area contributed by atoms with Crippen LogP contribution in [0.25, 0.3) is 0 Å². The molecule has 0 spiro atoms. The van der Waals surface area contributed by atoms with Crippen molar-refractivity contribution in [1.82, 2.24) is 10.6 Å². The van der Waals surface area contributed by atoms with Gasteiger partial charge in [0.1, 0.15) is 0 Å². The normalized spacial score (nSPS) is 16.1. The van der Waals surface area contributed by atoms with Gasteiger partial charge in [0.2, 0.25) is 0 Å². The molecule has 1 aliphatic heterocycles. The number of nitrogens with zero attached hydrogens (tertiary/aromatic N) is 2. The molecule has 1 aromatic carbocycles. The molecule has 0 radical (unpaired) electrons. The van der Waals surface area contributed by atoms with E-state index in [9.17, 15) is 0 Å². The Labute approximate surface area is 172 Å². The van der Waals surface area contributed by atoms with Gasteiger partial charge in [0.25, 0.3) is 0 Å². The molecule has 6 heteroatoms. The number of para-hydroxylation sites is 1. The van der Waals surface area contributed by atoms with E-state index in [0.717, 1.165) is 51.8 Å². The van der Waals surface area contributed by atoms with E-state index in [1.165, 1.54) is 16.1 Å². The van der Waals surface area contributed by atoms with Gasteiger partial charge in [-0.25, -0.2) is 4.99 Å². The lowest BCUT2D eigenvalue weighted by Crippen LogP contribution is -2.39. The van der Waals surface area contributed by atoms with Crippen molar-refractivity contribution in [2.45, 2.75) is 26.8 Å². The SMILES string of the molecule is CCNC(=NCc1ccccc1N1CCOCC1)NCC(C)Cc1cccs1. The molecule has 0 saturated carbocycles. The first-order chi connectivity index (χ1) is 13.8. The van der Waals surface area contributed by atoms with Crippen LogP contribution in [0.4, 0.5) is 5.69 Å². The Morgan fingerprint density at radius 2 is 2.00 bits per heavy atom. The average Bonchev–Trinajstić information content (AvgIpc) is 3.24. The molecule has 5 nitrogen and oxygen atoms in total. The Hall–Kier alpha value is -2.05. The summed E-state index contributed by atoms with van der Waals surface area (Å²) in [6.45, 7) is 10.3. The third kappa shape index (κ3) is 6.24. The van der Waals surface area contributed by atoms with Crippen LogP contribution < -0.4 is 15.5 Å². The van der Waals surface area contributed by atoms with E-state index in [0.29, 0.717) is 12.5 Å². The molecule has 28 heavy (non-hydrogen) atoms. The predicted molar refractivity (Wildman–Crippen MR) is 119 cm³/mol. The van der Waals surface area contributed by atoms with Gasteiger partial charge in [0.05, 0.1) is 19.8 Å². The van der Waals surface area contributed by atoms with Gasteiger partial charge < -0.3 is 20.3 Å². The molecule has 1 atom stereocenters. The number of thiophene rings is 1. The third-order valence-corrected chi connectivity index (χ3v) is 5.74. The number of rotatable bonds is 8. The smallest absolute Gasteiger partial charge is 0.191 e. The molecule has 152 valence electrons. The summed E-state index contributed by atoms with van der Waals surface area (Å²) in [5.41, 5.74) is 2.53. The molecule has 1 unspecified atom stereocenters. The first-order valence-electron chi connectivity index (χ1n) is 10.2. The van der Waals surface area contributed by atoms with Crippen LogP contribution in [0.3, 0.4) is 0 Å². The molecule has 2 aromatic rings. The Morgan fingerprint density at radius 3 is 2.75 bits per heavy atom. The number of aliphatic imine (C=N–C) groups is 1. The van der Waals surface area contributed by atoms with Crippen LogP contribution in [0.5, 0.6) is 0 Å². The number of hydrogen-bond acceptors (Lipinski definition) is 4. The molecular formula is C22H32N4OS. The molecule has 1 fully saturated rings. The Bertz CT molecular complexity index is 726. The first-order valence-corrected chi connectivity index (χ1v) is 11.1. The van der Waals surface area contributed by atoms with E-state index in [1.54, 1.807) is 0 Å². The zero-order valence-corrected chi connectivity index (χ0v) is 17.8. The van der Waals surface area contributed by atoms with Crippen LogP contribution >= 0.6 is 11.3 Å². The van der Waals surface area contributed by atoms with Gasteiger partial charge in [-0.15, -0.1) is 11.3 Å². The zero-order valence-electron chi connectivity index (χ0n) is 17.0. The Balaban J connectivity index is 1.59. The maximum atomic E-state index is 5.49. The van der Waals surface area contributed by atoms with Crippen molar-refractivity contribution in [3.05, 3.63) is 52.2 Å². The molecule has 0 bridgehead atoms. The zero-order chi connectivity index (χ0) is 19.6. The Morgan fingerprint density at radius 1 is 1.18 bits per heavy atom. The van der Waals surface area contributed by atoms with Crippen LogP contribution in [0.2, 0.25) is 0 Å². The van der Waals surface area contributed by atoms with Crippen molar-refractivity contribution in [2.75, 3.05) is 44.3 Å². The maximum absolute atomic E-state index is 5.49. The van der Waals surface area contributed by atoms with Crippen LogP contribution in [0, 0.1) is 5.92 Å². The summed E-state index contributed by atoms with van der Waals surface area (Å²) in [5.74, 6) is 1.44. The maximum Gasteiger partial charge on any atom is 0.191 e. The minimum absolute atomic E-state index is 0.558. The van der Waals surface area contributed by atoms with Crippen molar-refractivity contribution in [1.29, 1.82) is 0 Å². The molecule has 3 rings (SSSR count). The topological polar surface area (TPSA) is 48.9 Å². The largest absolute Gasteiger partial charge is 0.378 e. The van der Waals surface area contributed by atoms with E-state index in [1.807, 2.05) is 11.3 Å². The van der Waals surface area contributed by atoms with Gasteiger partial charge >= 0.3 is 0 Å². The molecule has 1 aliphatic rings. The van der Waals surface area contributed by atoms with E-state index < -0.39 is 0 Å². The second-order valence-electron chi connectivity index (χ2n) is 7.19. The highest BCUT2D eigenvalue weighted by Crippen LogP contribution is 2.22. The monoisotopic (exact) mass is 400 g/mol. The molecule has 2 heterocycles. The van der Waals surface area contributed by atoms with Crippen molar-refractivity contribution < 1.29 is 4.74 Å². The van der Waals surface area contributed by atoms with Gasteiger partial charge in [-0.3, -0.25) is 0 Å². The standard InChI is InChI=1S/C22H32N4OS/c1-3-23-22(24-16-18(2)15-20-8-6-14-28-20)25-17-19-7-4-5-9-21(19)26-10-12-27-13-11-26/h4-9,14,18H,3,10-13,15-17H2,1-2H3,(H2,23,24,25). The number of benzene rings is 1. The van der Waals surface area contributed by atoms with Gasteiger partial charge in [0, 0.05) is 36.7 Å². The lowest BCUT2D eigenvalue weighted by atomic mass is 10.1. The van der Waals surface area contributed by atoms with E-state index in [4.69, 9.17) is 9.73 Å². The van der Waals surface area contributed by atoms with Crippen LogP contribution in [-0.4, -0.2) is 45.4 Å². The predicted octanol–water partition coefficient (Wildman–Crippen LogP) is 3.52. The van der Waals surface area contributed by atoms with Crippen LogP contribution in [-0.2, 0) is 17.7 Å². The van der Waals surface area contributed by atoms with Crippen molar-refractivity contribution >= 4 is 23.0 Å². The van der Waals surface area contributed by atoms with Gasteiger partial charge in [-0.05, 0) is 42.3 Å². The molecule has 0 amide bonds. The number of nitrogens with one attached hydrogen (secondary N) is 2. The van der Waals surface area contributed by atoms with Crippen molar-refractivity contribution in [3.8, 4) is 0 Å². The second-order valence-corrected chi connectivity index (χ2v) is 8.23. The summed E-state index contributed by atoms with van der Waals surface area (Å²) in [7, 11) is 0. The summed E-state index contributed by atoms with van der Waals surface area (Å²) < 4.78 is 5.49. The van der Waals surface area contributed by atoms with Crippen molar-refractivity contribution in [2.24, 2.45) is 10.9 Å². The fraction of sp³-hybridized carbons (Fsp3) is 0.500. The van der Waals surface area contributed by atoms with Crippen LogP contribution in [0.15, 0.2) is 46.8 Å². The lowest BCUT2D eigenvalue weighted by Gasteiger charge is -2.30. The van der Waals surface area contributed by atoms with E-state index >= 15 is 0 Å². The third-order valence-electron chi connectivity index (χ3n) is 4.84. The summed E-state index contributed by atoms with van der Waals surface area (Å²) in [4.78, 5) is 8.69. The van der Waals surface area contributed by atoms with Gasteiger partial charge in [-0.1, -0.05) is 31.2 Å².